The zero-order chi connectivity index (χ0) is 20.0. The highest BCUT2D eigenvalue weighted by Gasteiger charge is 2.32. The largest absolute Gasteiger partial charge is 0.462 e. The van der Waals surface area contributed by atoms with Crippen LogP contribution in [0, 0.1) is 20.2 Å². The number of nitrogens with zero attached hydrogens (tertiary/aromatic N) is 3. The number of esters is 1. The van der Waals surface area contributed by atoms with E-state index in [-0.39, 0.29) is 24.4 Å². The Hall–Kier alpha value is -3.49. The lowest BCUT2D eigenvalue weighted by Gasteiger charge is -2.23. The molecular weight excluding hydrogens is 354 g/mol. The standard InChI is InChI=1S/C18H19N3O6/c1-3-19(12-13-8-6-5-7-9-13)17-15(20(23)24)10-14(18(22)27-4-2)11-16(17)21(25)26/h5-11H,3-4,12H2,1-2H3. The van der Waals surface area contributed by atoms with Gasteiger partial charge in [-0.05, 0) is 19.4 Å². The summed E-state index contributed by atoms with van der Waals surface area (Å²) in [5, 5.41) is 23.2. The maximum absolute atomic E-state index is 12.0. The van der Waals surface area contributed by atoms with E-state index < -0.39 is 27.2 Å². The zero-order valence-corrected chi connectivity index (χ0v) is 15.0. The Kier molecular flexibility index (Phi) is 6.42. The van der Waals surface area contributed by atoms with Crippen molar-refractivity contribution in [3.05, 3.63) is 73.8 Å². The average Bonchev–Trinajstić information content (AvgIpc) is 2.66. The number of rotatable bonds is 8. The van der Waals surface area contributed by atoms with Crippen LogP contribution in [0.1, 0.15) is 29.8 Å². The molecule has 0 atom stereocenters. The predicted molar refractivity (Wildman–Crippen MR) is 98.9 cm³/mol. The summed E-state index contributed by atoms with van der Waals surface area (Å²) in [4.78, 5) is 35.3. The molecule has 2 rings (SSSR count). The number of ether oxygens (including phenoxy) is 1. The van der Waals surface area contributed by atoms with Gasteiger partial charge in [-0.15, -0.1) is 0 Å². The Balaban J connectivity index is 2.62. The number of nitro groups is 2. The van der Waals surface area contributed by atoms with Crippen molar-refractivity contribution in [3.8, 4) is 0 Å². The molecule has 0 aliphatic heterocycles. The highest BCUT2D eigenvalue weighted by Crippen LogP contribution is 2.39. The molecule has 27 heavy (non-hydrogen) atoms. The lowest BCUT2D eigenvalue weighted by molar-refractivity contribution is -0.392. The molecule has 0 saturated carbocycles. The van der Waals surface area contributed by atoms with E-state index in [1.807, 2.05) is 30.3 Å². The first-order valence-electron chi connectivity index (χ1n) is 8.31. The third-order valence-electron chi connectivity index (χ3n) is 3.89. The highest BCUT2D eigenvalue weighted by molar-refractivity contribution is 5.94. The van der Waals surface area contributed by atoms with E-state index in [4.69, 9.17) is 4.74 Å². The van der Waals surface area contributed by atoms with Crippen molar-refractivity contribution in [1.29, 1.82) is 0 Å². The molecule has 9 heteroatoms. The number of hydrogen-bond donors (Lipinski definition) is 0. The minimum absolute atomic E-state index is 0.0528. The van der Waals surface area contributed by atoms with E-state index in [0.717, 1.165) is 17.7 Å². The Morgan fingerprint density at radius 3 is 2.04 bits per heavy atom. The molecule has 0 aliphatic carbocycles. The van der Waals surface area contributed by atoms with Crippen molar-refractivity contribution in [1.82, 2.24) is 0 Å². The predicted octanol–water partition coefficient (Wildman–Crippen LogP) is 3.71. The maximum atomic E-state index is 12.0. The molecule has 0 saturated heterocycles. The molecule has 0 spiro atoms. The molecule has 2 aromatic carbocycles. The van der Waals surface area contributed by atoms with Crippen molar-refractivity contribution in [3.63, 3.8) is 0 Å². The summed E-state index contributed by atoms with van der Waals surface area (Å²) in [5.74, 6) is -0.846. The van der Waals surface area contributed by atoms with Gasteiger partial charge in [0.25, 0.3) is 0 Å². The normalized spacial score (nSPS) is 10.3. The summed E-state index contributed by atoms with van der Waals surface area (Å²) in [6, 6.07) is 11.2. The van der Waals surface area contributed by atoms with Crippen molar-refractivity contribution < 1.29 is 19.4 Å². The van der Waals surface area contributed by atoms with Crippen LogP contribution in [-0.4, -0.2) is 29.0 Å². The minimum atomic E-state index is -0.846. The molecular formula is C18H19N3O6. The molecule has 0 radical (unpaired) electrons. The van der Waals surface area contributed by atoms with Crippen LogP contribution in [0.4, 0.5) is 17.1 Å². The summed E-state index contributed by atoms with van der Waals surface area (Å²) >= 11 is 0. The highest BCUT2D eigenvalue weighted by atomic mass is 16.6. The Labute approximate surface area is 155 Å². The van der Waals surface area contributed by atoms with Crippen LogP contribution >= 0.6 is 0 Å². The first-order chi connectivity index (χ1) is 12.9. The van der Waals surface area contributed by atoms with Crippen LogP contribution < -0.4 is 4.90 Å². The smallest absolute Gasteiger partial charge is 0.338 e. The van der Waals surface area contributed by atoms with Crippen molar-refractivity contribution in [2.75, 3.05) is 18.1 Å². The molecule has 0 aromatic heterocycles. The maximum Gasteiger partial charge on any atom is 0.338 e. The third kappa shape index (κ3) is 4.57. The first kappa shape index (κ1) is 19.8. The van der Waals surface area contributed by atoms with Gasteiger partial charge in [0.05, 0.1) is 22.0 Å². The molecule has 0 aliphatic rings. The summed E-state index contributed by atoms with van der Waals surface area (Å²) in [6.07, 6.45) is 0. The van der Waals surface area contributed by atoms with Crippen molar-refractivity contribution in [2.45, 2.75) is 20.4 Å². The molecule has 0 N–H and O–H groups in total. The summed E-state index contributed by atoms with van der Waals surface area (Å²) < 4.78 is 4.82. The fourth-order valence-corrected chi connectivity index (χ4v) is 2.69. The summed E-state index contributed by atoms with van der Waals surface area (Å²) in [6.45, 7) is 3.92. The van der Waals surface area contributed by atoms with E-state index in [0.29, 0.717) is 6.54 Å². The monoisotopic (exact) mass is 373 g/mol. The van der Waals surface area contributed by atoms with E-state index in [2.05, 4.69) is 0 Å². The third-order valence-corrected chi connectivity index (χ3v) is 3.89. The van der Waals surface area contributed by atoms with Crippen LogP contribution in [0.5, 0.6) is 0 Å². The lowest BCUT2D eigenvalue weighted by Crippen LogP contribution is -2.24. The second kappa shape index (κ2) is 8.75. The van der Waals surface area contributed by atoms with Crippen molar-refractivity contribution >= 4 is 23.0 Å². The minimum Gasteiger partial charge on any atom is -0.462 e. The van der Waals surface area contributed by atoms with Gasteiger partial charge in [0.2, 0.25) is 0 Å². The van der Waals surface area contributed by atoms with Crippen LogP contribution in [0.2, 0.25) is 0 Å². The van der Waals surface area contributed by atoms with Gasteiger partial charge in [-0.25, -0.2) is 4.79 Å². The molecule has 0 heterocycles. The number of carbonyl (C=O) groups excluding carboxylic acids is 1. The quantitative estimate of drug-likeness (QED) is 0.393. The van der Waals surface area contributed by atoms with E-state index in [1.165, 1.54) is 0 Å². The van der Waals surface area contributed by atoms with Crippen molar-refractivity contribution in [2.24, 2.45) is 0 Å². The summed E-state index contributed by atoms with van der Waals surface area (Å²) in [7, 11) is 0. The van der Waals surface area contributed by atoms with Gasteiger partial charge < -0.3 is 9.64 Å². The molecule has 2 aromatic rings. The number of carbonyl (C=O) groups is 1. The topological polar surface area (TPSA) is 116 Å². The number of anilines is 1. The van der Waals surface area contributed by atoms with E-state index >= 15 is 0 Å². The van der Waals surface area contributed by atoms with Gasteiger partial charge in [-0.3, -0.25) is 20.2 Å². The Morgan fingerprint density at radius 1 is 1.04 bits per heavy atom. The molecule has 142 valence electrons. The van der Waals surface area contributed by atoms with Crippen LogP contribution in [-0.2, 0) is 11.3 Å². The molecule has 0 bridgehead atoms. The second-order valence-electron chi connectivity index (χ2n) is 5.60. The summed E-state index contributed by atoms with van der Waals surface area (Å²) in [5.41, 5.74) is -0.536. The molecule has 0 fully saturated rings. The lowest BCUT2D eigenvalue weighted by atomic mass is 10.1. The number of nitro benzene ring substituents is 2. The van der Waals surface area contributed by atoms with Crippen LogP contribution in [0.15, 0.2) is 42.5 Å². The van der Waals surface area contributed by atoms with Gasteiger partial charge in [0.15, 0.2) is 5.69 Å². The zero-order valence-electron chi connectivity index (χ0n) is 15.0. The van der Waals surface area contributed by atoms with Gasteiger partial charge in [0.1, 0.15) is 0 Å². The average molecular weight is 373 g/mol. The second-order valence-corrected chi connectivity index (χ2v) is 5.60. The fraction of sp³-hybridized carbons (Fsp3) is 0.278. The van der Waals surface area contributed by atoms with Gasteiger partial charge in [-0.1, -0.05) is 30.3 Å². The van der Waals surface area contributed by atoms with Gasteiger partial charge >= 0.3 is 17.3 Å². The number of hydrogen-bond acceptors (Lipinski definition) is 7. The van der Waals surface area contributed by atoms with Gasteiger partial charge in [-0.2, -0.15) is 0 Å². The Bertz CT molecular complexity index is 818. The fourth-order valence-electron chi connectivity index (χ4n) is 2.69. The molecule has 0 amide bonds. The molecule has 9 nitrogen and oxygen atoms in total. The van der Waals surface area contributed by atoms with E-state index in [1.54, 1.807) is 18.7 Å². The first-order valence-corrected chi connectivity index (χ1v) is 8.31. The van der Waals surface area contributed by atoms with Crippen LogP contribution in [0.3, 0.4) is 0 Å². The van der Waals surface area contributed by atoms with Crippen LogP contribution in [0.25, 0.3) is 0 Å². The number of benzene rings is 2. The van der Waals surface area contributed by atoms with E-state index in [9.17, 15) is 25.0 Å². The Morgan fingerprint density at radius 2 is 1.59 bits per heavy atom. The van der Waals surface area contributed by atoms with Gasteiger partial charge in [0, 0.05) is 25.2 Å². The molecule has 0 unspecified atom stereocenters. The SMILES string of the molecule is CCOC(=O)c1cc([N+](=O)[O-])c(N(CC)Cc2ccccc2)c([N+](=O)[O-])c1.